The highest BCUT2D eigenvalue weighted by Crippen LogP contribution is 2.45. The summed E-state index contributed by atoms with van der Waals surface area (Å²) in [4.78, 5) is 0. The molecule has 0 radical (unpaired) electrons. The predicted molar refractivity (Wildman–Crippen MR) is 95.0 cm³/mol. The quantitative estimate of drug-likeness (QED) is 0.677. The minimum absolute atomic E-state index is 0.0416. The van der Waals surface area contributed by atoms with Gasteiger partial charge in [-0.15, -0.1) is 0 Å². The normalized spacial score (nSPS) is 27.7. The fraction of sp³-hybridized carbons (Fsp3) is 0.765. The number of hydrogen-bond donors (Lipinski definition) is 1. The van der Waals surface area contributed by atoms with Crippen molar-refractivity contribution >= 4 is 27.3 Å². The van der Waals surface area contributed by atoms with E-state index in [1.807, 2.05) is 0 Å². The van der Waals surface area contributed by atoms with Crippen LogP contribution in [-0.4, -0.2) is 18.8 Å². The van der Waals surface area contributed by atoms with Crippen LogP contribution in [0.2, 0.25) is 0 Å². The zero-order valence-electron chi connectivity index (χ0n) is 13.5. The van der Waals surface area contributed by atoms with Crippen LogP contribution in [0.1, 0.15) is 64.5 Å². The Morgan fingerprint density at radius 1 is 1.38 bits per heavy atom. The van der Waals surface area contributed by atoms with Crippen molar-refractivity contribution in [1.82, 2.24) is 5.32 Å². The first-order valence-corrected chi connectivity index (χ1v) is 9.95. The van der Waals surface area contributed by atoms with Gasteiger partial charge in [-0.25, -0.2) is 0 Å². The summed E-state index contributed by atoms with van der Waals surface area (Å²) < 4.78 is 7.60. The average molecular weight is 374 g/mol. The highest BCUT2D eigenvalue weighted by Gasteiger charge is 2.43. The van der Waals surface area contributed by atoms with Crippen molar-refractivity contribution in [2.24, 2.45) is 5.92 Å². The highest BCUT2D eigenvalue weighted by molar-refractivity contribution is 9.10. The third-order valence-electron chi connectivity index (χ3n) is 4.63. The molecule has 0 aromatic carbocycles. The van der Waals surface area contributed by atoms with E-state index in [1.165, 1.54) is 22.9 Å². The van der Waals surface area contributed by atoms with Crippen molar-refractivity contribution in [1.29, 1.82) is 0 Å². The van der Waals surface area contributed by atoms with Crippen LogP contribution < -0.4 is 5.32 Å². The summed E-state index contributed by atoms with van der Waals surface area (Å²) >= 11 is 5.49. The summed E-state index contributed by atoms with van der Waals surface area (Å²) in [6.45, 7) is 8.55. The lowest BCUT2D eigenvalue weighted by molar-refractivity contribution is -0.0976. The van der Waals surface area contributed by atoms with Gasteiger partial charge in [0.15, 0.2) is 0 Å². The molecule has 1 unspecified atom stereocenters. The van der Waals surface area contributed by atoms with Crippen LogP contribution in [0.5, 0.6) is 0 Å². The Labute approximate surface area is 141 Å². The second-order valence-corrected chi connectivity index (χ2v) is 7.84. The van der Waals surface area contributed by atoms with Crippen molar-refractivity contribution in [2.75, 3.05) is 13.2 Å². The molecule has 1 aromatic rings. The van der Waals surface area contributed by atoms with Gasteiger partial charge in [0.25, 0.3) is 0 Å². The third-order valence-corrected chi connectivity index (χ3v) is 6.38. The van der Waals surface area contributed by atoms with E-state index >= 15 is 0 Å². The Hall–Kier alpha value is 0.1000. The maximum atomic E-state index is 6.38. The summed E-state index contributed by atoms with van der Waals surface area (Å²) in [6, 6.07) is 0.297. The summed E-state index contributed by atoms with van der Waals surface area (Å²) in [5.41, 5.74) is 1.33. The van der Waals surface area contributed by atoms with Crippen molar-refractivity contribution in [3.63, 3.8) is 0 Å². The Balaban J connectivity index is 2.29. The monoisotopic (exact) mass is 373 g/mol. The number of nitrogens with one attached hydrogen (secondary N) is 1. The van der Waals surface area contributed by atoms with Gasteiger partial charge in [-0.1, -0.05) is 13.8 Å². The van der Waals surface area contributed by atoms with Crippen molar-refractivity contribution in [3.05, 3.63) is 20.8 Å². The molecule has 2 rings (SSSR count). The van der Waals surface area contributed by atoms with Crippen molar-refractivity contribution < 1.29 is 4.74 Å². The minimum Gasteiger partial charge on any atom is -0.373 e. The summed E-state index contributed by atoms with van der Waals surface area (Å²) in [5.74, 6) is 0.830. The number of ether oxygens (including phenoxy) is 1. The van der Waals surface area contributed by atoms with Gasteiger partial charge in [-0.3, -0.25) is 0 Å². The van der Waals surface area contributed by atoms with Gasteiger partial charge in [0, 0.05) is 16.5 Å². The SMILES string of the molecule is CCCNC(c1cscc1Br)C1(OCC)CCC(C)CC1. The molecule has 120 valence electrons. The molecule has 2 nitrogen and oxygen atoms in total. The number of rotatable bonds is 7. The van der Waals surface area contributed by atoms with Crippen LogP contribution in [0.15, 0.2) is 15.2 Å². The second kappa shape index (κ2) is 8.09. The number of thiophene rings is 1. The van der Waals surface area contributed by atoms with Crippen LogP contribution in [0, 0.1) is 5.92 Å². The molecule has 21 heavy (non-hydrogen) atoms. The maximum absolute atomic E-state index is 6.38. The first kappa shape index (κ1) is 17.5. The zero-order valence-corrected chi connectivity index (χ0v) is 15.9. The minimum atomic E-state index is -0.0416. The van der Waals surface area contributed by atoms with Crippen LogP contribution in [-0.2, 0) is 4.74 Å². The molecule has 1 N–H and O–H groups in total. The van der Waals surface area contributed by atoms with E-state index in [-0.39, 0.29) is 5.60 Å². The number of halogens is 1. The first-order chi connectivity index (χ1) is 10.1. The molecule has 1 aliphatic carbocycles. The Morgan fingerprint density at radius 3 is 2.62 bits per heavy atom. The van der Waals surface area contributed by atoms with Gasteiger partial charge in [0.1, 0.15) is 0 Å². The molecule has 0 amide bonds. The van der Waals surface area contributed by atoms with Gasteiger partial charge in [-0.05, 0) is 78.4 Å². The molecule has 1 heterocycles. The molecule has 0 bridgehead atoms. The Kier molecular flexibility index (Phi) is 6.73. The summed E-state index contributed by atoms with van der Waals surface area (Å²) in [6.07, 6.45) is 6.01. The van der Waals surface area contributed by atoms with Gasteiger partial charge >= 0.3 is 0 Å². The molecule has 1 saturated carbocycles. The zero-order chi connectivity index (χ0) is 15.3. The fourth-order valence-corrected chi connectivity index (χ4v) is 4.97. The largest absolute Gasteiger partial charge is 0.373 e. The molecule has 0 saturated heterocycles. The molecule has 1 aliphatic rings. The van der Waals surface area contributed by atoms with Crippen molar-refractivity contribution in [3.8, 4) is 0 Å². The molecular formula is C17H28BrNOS. The lowest BCUT2D eigenvalue weighted by Crippen LogP contribution is -2.48. The van der Waals surface area contributed by atoms with Crippen LogP contribution >= 0.6 is 27.3 Å². The molecule has 4 heteroatoms. The molecule has 0 aliphatic heterocycles. The third kappa shape index (κ3) is 4.10. The van der Waals surface area contributed by atoms with Crippen LogP contribution in [0.4, 0.5) is 0 Å². The number of hydrogen-bond acceptors (Lipinski definition) is 3. The second-order valence-electron chi connectivity index (χ2n) is 6.24. The lowest BCUT2D eigenvalue weighted by atomic mass is 9.73. The molecule has 1 atom stereocenters. The lowest BCUT2D eigenvalue weighted by Gasteiger charge is -2.45. The smallest absolute Gasteiger partial charge is 0.0877 e. The molecule has 0 spiro atoms. The summed E-state index contributed by atoms with van der Waals surface area (Å²) in [7, 11) is 0. The van der Waals surface area contributed by atoms with E-state index in [4.69, 9.17) is 4.74 Å². The van der Waals surface area contributed by atoms with E-state index in [2.05, 4.69) is 52.8 Å². The van der Waals surface area contributed by atoms with E-state index in [9.17, 15) is 0 Å². The maximum Gasteiger partial charge on any atom is 0.0877 e. The Morgan fingerprint density at radius 2 is 2.10 bits per heavy atom. The van der Waals surface area contributed by atoms with Crippen LogP contribution in [0.3, 0.4) is 0 Å². The van der Waals surface area contributed by atoms with Gasteiger partial charge in [-0.2, -0.15) is 11.3 Å². The first-order valence-electron chi connectivity index (χ1n) is 8.22. The fourth-order valence-electron chi connectivity index (χ4n) is 3.42. The molecular weight excluding hydrogens is 346 g/mol. The average Bonchev–Trinajstić information content (AvgIpc) is 2.89. The standard InChI is InChI=1S/C17H28BrNOS/c1-4-10-19-16(14-11-21-12-15(14)18)17(20-5-2)8-6-13(3)7-9-17/h11-13,16,19H,4-10H2,1-3H3. The predicted octanol–water partition coefficient (Wildman–Crippen LogP) is 5.54. The van der Waals surface area contributed by atoms with E-state index in [0.717, 1.165) is 38.3 Å². The van der Waals surface area contributed by atoms with Gasteiger partial charge in [0.05, 0.1) is 11.6 Å². The molecule has 1 fully saturated rings. The van der Waals surface area contributed by atoms with Gasteiger partial charge in [0.2, 0.25) is 0 Å². The Bertz CT molecular complexity index is 426. The molecule has 1 aromatic heterocycles. The van der Waals surface area contributed by atoms with Gasteiger partial charge < -0.3 is 10.1 Å². The highest BCUT2D eigenvalue weighted by atomic mass is 79.9. The summed E-state index contributed by atoms with van der Waals surface area (Å²) in [5, 5.41) is 8.23. The van der Waals surface area contributed by atoms with E-state index in [1.54, 1.807) is 11.3 Å². The van der Waals surface area contributed by atoms with Crippen LogP contribution in [0.25, 0.3) is 0 Å². The van der Waals surface area contributed by atoms with E-state index < -0.39 is 0 Å². The topological polar surface area (TPSA) is 21.3 Å². The van der Waals surface area contributed by atoms with E-state index in [0.29, 0.717) is 6.04 Å². The van der Waals surface area contributed by atoms with Crippen molar-refractivity contribution in [2.45, 2.75) is 64.5 Å².